The summed E-state index contributed by atoms with van der Waals surface area (Å²) in [7, 11) is 0. The zero-order valence-corrected chi connectivity index (χ0v) is 53.7. The Balaban J connectivity index is 4.03. The predicted octanol–water partition coefficient (Wildman–Crippen LogP) is 24.6. The van der Waals surface area contributed by atoms with Crippen molar-refractivity contribution in [2.75, 3.05) is 13.2 Å². The summed E-state index contributed by atoms with van der Waals surface area (Å²) in [5.41, 5.74) is 0. The molecule has 0 radical (unpaired) electrons. The Morgan fingerprint density at radius 3 is 0.684 bits per heavy atom. The van der Waals surface area contributed by atoms with E-state index in [1.54, 1.807) is 0 Å². The lowest BCUT2D eigenvalue weighted by atomic mass is 10.0. The van der Waals surface area contributed by atoms with E-state index in [0.717, 1.165) is 70.6 Å². The van der Waals surface area contributed by atoms with E-state index in [1.807, 2.05) is 0 Å². The highest BCUT2D eigenvalue weighted by atomic mass is 16.6. The molecule has 1 unspecified atom stereocenters. The molecule has 0 aliphatic carbocycles. The molecule has 0 aliphatic heterocycles. The van der Waals surface area contributed by atoms with E-state index in [0.29, 0.717) is 19.3 Å². The maximum absolute atomic E-state index is 12.9. The Hall–Kier alpha value is -2.11. The molecule has 0 saturated carbocycles. The van der Waals surface area contributed by atoms with Gasteiger partial charge in [-0.1, -0.05) is 347 Å². The van der Waals surface area contributed by atoms with Crippen LogP contribution in [-0.4, -0.2) is 37.2 Å². The van der Waals surface area contributed by atoms with Gasteiger partial charge in [0.2, 0.25) is 0 Å². The van der Waals surface area contributed by atoms with Gasteiger partial charge in [-0.05, 0) is 64.2 Å². The number of rotatable bonds is 67. The lowest BCUT2D eigenvalue weighted by molar-refractivity contribution is -0.167. The summed E-state index contributed by atoms with van der Waals surface area (Å²) in [5, 5.41) is 0. The first kappa shape index (κ1) is 76.9. The van der Waals surface area contributed by atoms with Crippen molar-refractivity contribution in [1.82, 2.24) is 0 Å². The molecule has 0 rings (SSSR count). The molecule has 0 amide bonds. The van der Waals surface area contributed by atoms with E-state index in [4.69, 9.17) is 14.2 Å². The van der Waals surface area contributed by atoms with Gasteiger partial charge in [-0.25, -0.2) is 0 Å². The van der Waals surface area contributed by atoms with Crippen LogP contribution in [0.4, 0.5) is 0 Å². The second-order valence-corrected chi connectivity index (χ2v) is 24.5. The Kier molecular flexibility index (Phi) is 66.6. The van der Waals surface area contributed by atoms with Crippen LogP contribution in [-0.2, 0) is 28.6 Å². The van der Waals surface area contributed by atoms with Crippen molar-refractivity contribution in [2.45, 2.75) is 412 Å². The highest BCUT2D eigenvalue weighted by Gasteiger charge is 2.19. The van der Waals surface area contributed by atoms with Gasteiger partial charge in [-0.15, -0.1) is 0 Å². The van der Waals surface area contributed by atoms with Crippen molar-refractivity contribution < 1.29 is 28.6 Å². The molecule has 79 heavy (non-hydrogen) atoms. The van der Waals surface area contributed by atoms with Crippen molar-refractivity contribution >= 4 is 17.9 Å². The summed E-state index contributed by atoms with van der Waals surface area (Å²) in [5.74, 6) is -0.849. The lowest BCUT2D eigenvalue weighted by Gasteiger charge is -2.18. The summed E-state index contributed by atoms with van der Waals surface area (Å²) in [6, 6.07) is 0. The summed E-state index contributed by atoms with van der Waals surface area (Å²) in [6.07, 6.45) is 83.8. The van der Waals surface area contributed by atoms with Crippen LogP contribution in [0.1, 0.15) is 406 Å². The molecular weight excluding hydrogens is 973 g/mol. The third kappa shape index (κ3) is 66.6. The molecule has 0 N–H and O–H groups in total. The second-order valence-electron chi connectivity index (χ2n) is 24.5. The highest BCUT2D eigenvalue weighted by Crippen LogP contribution is 2.19. The molecule has 466 valence electrons. The van der Waals surface area contributed by atoms with Crippen molar-refractivity contribution in [3.05, 3.63) is 24.3 Å². The molecule has 0 spiro atoms. The van der Waals surface area contributed by atoms with Gasteiger partial charge in [0.1, 0.15) is 13.2 Å². The van der Waals surface area contributed by atoms with Crippen molar-refractivity contribution in [2.24, 2.45) is 0 Å². The van der Waals surface area contributed by atoms with E-state index in [1.165, 1.54) is 295 Å². The zero-order valence-electron chi connectivity index (χ0n) is 53.7. The maximum atomic E-state index is 12.9. The van der Waals surface area contributed by atoms with Gasteiger partial charge in [0, 0.05) is 19.3 Å². The fraction of sp³-hybridized carbons (Fsp3) is 0.904. The minimum absolute atomic E-state index is 0.0675. The van der Waals surface area contributed by atoms with Crippen LogP contribution in [0.25, 0.3) is 0 Å². The standard InChI is InChI=1S/C73H138O6/c1-4-7-10-13-16-19-22-24-26-28-30-31-32-33-34-35-36-37-38-39-40-41-42-43-44-46-47-49-51-54-57-60-63-66-72(75)78-69-70(68-77-71(74)65-62-59-56-53-21-18-15-12-9-6-3)79-73(76)67-64-61-58-55-52-50-48-45-29-27-25-23-20-17-14-11-8-5-2/h12,15,28,30,70H,4-11,13-14,16-27,29,31-69H2,1-3H3/b15-12-,30-28-. The summed E-state index contributed by atoms with van der Waals surface area (Å²) < 4.78 is 16.9. The molecule has 0 bridgehead atoms. The van der Waals surface area contributed by atoms with E-state index >= 15 is 0 Å². The number of esters is 3. The normalized spacial score (nSPS) is 12.1. The minimum Gasteiger partial charge on any atom is -0.462 e. The molecule has 0 aromatic carbocycles. The second kappa shape index (κ2) is 68.4. The molecular formula is C73H138O6. The number of carbonyl (C=O) groups excluding carboxylic acids is 3. The summed E-state index contributed by atoms with van der Waals surface area (Å²) in [4.78, 5) is 38.3. The Morgan fingerprint density at radius 1 is 0.241 bits per heavy atom. The first-order valence-corrected chi connectivity index (χ1v) is 35.8. The van der Waals surface area contributed by atoms with E-state index < -0.39 is 6.10 Å². The van der Waals surface area contributed by atoms with Crippen molar-refractivity contribution in [3.8, 4) is 0 Å². The molecule has 0 saturated heterocycles. The van der Waals surface area contributed by atoms with Crippen LogP contribution in [0.15, 0.2) is 24.3 Å². The number of hydrogen-bond donors (Lipinski definition) is 0. The minimum atomic E-state index is -0.770. The Labute approximate surface area is 493 Å². The van der Waals surface area contributed by atoms with Crippen LogP contribution in [0, 0.1) is 0 Å². The third-order valence-corrected chi connectivity index (χ3v) is 16.4. The molecule has 0 aromatic rings. The number of unbranched alkanes of at least 4 members (excludes halogenated alkanes) is 52. The number of carbonyl (C=O) groups is 3. The molecule has 0 heterocycles. The molecule has 0 aromatic heterocycles. The van der Waals surface area contributed by atoms with Gasteiger partial charge in [0.05, 0.1) is 0 Å². The monoisotopic (exact) mass is 1110 g/mol. The predicted molar refractivity (Wildman–Crippen MR) is 344 cm³/mol. The van der Waals surface area contributed by atoms with E-state index in [9.17, 15) is 14.4 Å². The van der Waals surface area contributed by atoms with Gasteiger partial charge in [0.15, 0.2) is 6.10 Å². The molecule has 6 heteroatoms. The average Bonchev–Trinajstić information content (AvgIpc) is 3.45. The number of hydrogen-bond acceptors (Lipinski definition) is 6. The number of allylic oxidation sites excluding steroid dienone is 4. The maximum Gasteiger partial charge on any atom is 0.306 e. The van der Waals surface area contributed by atoms with Gasteiger partial charge >= 0.3 is 17.9 Å². The first-order valence-electron chi connectivity index (χ1n) is 35.8. The van der Waals surface area contributed by atoms with Gasteiger partial charge in [0.25, 0.3) is 0 Å². The summed E-state index contributed by atoms with van der Waals surface area (Å²) >= 11 is 0. The smallest absolute Gasteiger partial charge is 0.306 e. The van der Waals surface area contributed by atoms with Crippen LogP contribution < -0.4 is 0 Å². The molecule has 1 atom stereocenters. The molecule has 0 aliphatic rings. The Morgan fingerprint density at radius 2 is 0.443 bits per heavy atom. The van der Waals surface area contributed by atoms with Crippen LogP contribution in [0.3, 0.4) is 0 Å². The zero-order chi connectivity index (χ0) is 57.1. The van der Waals surface area contributed by atoms with Crippen molar-refractivity contribution in [1.29, 1.82) is 0 Å². The third-order valence-electron chi connectivity index (χ3n) is 16.4. The SMILES string of the molecule is CCC/C=C\CCCCCCCC(=O)OCC(COC(=O)CCCCCCCCCCCCCCCCCCCCCCC/C=C\CCCCCCCCCC)OC(=O)CCCCCCCCCCCCCCCCCCCC. The average molecular weight is 1110 g/mol. The van der Waals surface area contributed by atoms with E-state index in [2.05, 4.69) is 45.1 Å². The first-order chi connectivity index (χ1) is 39.0. The van der Waals surface area contributed by atoms with Crippen LogP contribution >= 0.6 is 0 Å². The van der Waals surface area contributed by atoms with Crippen LogP contribution in [0.2, 0.25) is 0 Å². The number of ether oxygens (including phenoxy) is 3. The largest absolute Gasteiger partial charge is 0.462 e. The fourth-order valence-corrected chi connectivity index (χ4v) is 11.0. The van der Waals surface area contributed by atoms with Crippen molar-refractivity contribution in [3.63, 3.8) is 0 Å². The van der Waals surface area contributed by atoms with Crippen LogP contribution in [0.5, 0.6) is 0 Å². The quantitative estimate of drug-likeness (QED) is 0.0261. The lowest BCUT2D eigenvalue weighted by Crippen LogP contribution is -2.30. The fourth-order valence-electron chi connectivity index (χ4n) is 11.0. The van der Waals surface area contributed by atoms with Gasteiger partial charge in [-0.3, -0.25) is 14.4 Å². The van der Waals surface area contributed by atoms with Gasteiger partial charge < -0.3 is 14.2 Å². The topological polar surface area (TPSA) is 78.9 Å². The Bertz CT molecular complexity index is 1270. The van der Waals surface area contributed by atoms with Gasteiger partial charge in [-0.2, -0.15) is 0 Å². The highest BCUT2D eigenvalue weighted by molar-refractivity contribution is 5.71. The molecule has 0 fully saturated rings. The molecule has 6 nitrogen and oxygen atoms in total. The summed E-state index contributed by atoms with van der Waals surface area (Å²) in [6.45, 7) is 6.65. The van der Waals surface area contributed by atoms with E-state index in [-0.39, 0.29) is 31.1 Å².